The molecule has 2 aromatic heterocycles. The number of urea groups is 1. The molecular formula is C29H29N3O2S. The van der Waals surface area contributed by atoms with Crippen LogP contribution in [0, 0.1) is 0 Å². The van der Waals surface area contributed by atoms with E-state index in [-0.39, 0.29) is 12.1 Å². The van der Waals surface area contributed by atoms with E-state index in [2.05, 4.69) is 40.3 Å². The Labute approximate surface area is 210 Å². The molecule has 1 aliphatic heterocycles. The van der Waals surface area contributed by atoms with Gasteiger partial charge in [0.25, 0.3) is 0 Å². The van der Waals surface area contributed by atoms with Crippen molar-refractivity contribution in [2.75, 3.05) is 7.11 Å². The van der Waals surface area contributed by atoms with Gasteiger partial charge in [-0.25, -0.2) is 4.79 Å². The first-order valence-corrected chi connectivity index (χ1v) is 13.1. The second-order valence-corrected chi connectivity index (χ2v) is 10.3. The first kappa shape index (κ1) is 22.0. The van der Waals surface area contributed by atoms with Crippen LogP contribution < -0.4 is 10.1 Å². The minimum atomic E-state index is -0.203. The lowest BCUT2D eigenvalue weighted by molar-refractivity contribution is 0.180. The molecule has 3 heterocycles. The molecule has 2 amide bonds. The summed E-state index contributed by atoms with van der Waals surface area (Å²) in [5, 5.41) is 4.47. The van der Waals surface area contributed by atoms with Gasteiger partial charge in [0.15, 0.2) is 0 Å². The third-order valence-electron chi connectivity index (χ3n) is 7.16. The lowest BCUT2D eigenvalue weighted by Crippen LogP contribution is -2.41. The summed E-state index contributed by atoms with van der Waals surface area (Å²) in [7, 11) is 1.68. The number of methoxy groups -OCH3 is 1. The van der Waals surface area contributed by atoms with Crippen molar-refractivity contribution in [3.8, 4) is 10.8 Å². The van der Waals surface area contributed by atoms with E-state index >= 15 is 0 Å². The predicted molar refractivity (Wildman–Crippen MR) is 139 cm³/mol. The molecule has 0 saturated carbocycles. The lowest BCUT2D eigenvalue weighted by atomic mass is 9.95. The highest BCUT2D eigenvalue weighted by Gasteiger charge is 2.36. The van der Waals surface area contributed by atoms with E-state index in [1.807, 2.05) is 58.7 Å². The van der Waals surface area contributed by atoms with Gasteiger partial charge >= 0.3 is 6.03 Å². The Hall–Kier alpha value is -3.51. The number of benzene rings is 2. The SMILES string of the molecule is COc1ccc([C@@H]2c3cccn3-c3sc4c(c3CN2C(=O)NCc2ccccc2)CCCC4)cc1. The van der Waals surface area contributed by atoms with Crippen LogP contribution in [-0.2, 0) is 25.9 Å². The minimum Gasteiger partial charge on any atom is -0.497 e. The highest BCUT2D eigenvalue weighted by molar-refractivity contribution is 7.15. The van der Waals surface area contributed by atoms with Gasteiger partial charge in [-0.15, -0.1) is 11.3 Å². The summed E-state index contributed by atoms with van der Waals surface area (Å²) in [6.45, 7) is 1.10. The molecule has 0 fully saturated rings. The van der Waals surface area contributed by atoms with Crippen LogP contribution in [-0.4, -0.2) is 22.6 Å². The summed E-state index contributed by atoms with van der Waals surface area (Å²) in [5.41, 5.74) is 6.06. The number of hydrogen-bond acceptors (Lipinski definition) is 3. The molecule has 1 aliphatic carbocycles. The molecule has 1 atom stereocenters. The van der Waals surface area contributed by atoms with Crippen LogP contribution in [0.2, 0.25) is 0 Å². The zero-order valence-corrected chi connectivity index (χ0v) is 20.7. The van der Waals surface area contributed by atoms with Gasteiger partial charge in [0.1, 0.15) is 10.8 Å². The zero-order chi connectivity index (χ0) is 23.8. The average Bonchev–Trinajstić information content (AvgIpc) is 3.50. The quantitative estimate of drug-likeness (QED) is 0.373. The molecular weight excluding hydrogens is 454 g/mol. The Bertz CT molecular complexity index is 1340. The summed E-state index contributed by atoms with van der Waals surface area (Å²) in [5.74, 6) is 0.811. The first-order chi connectivity index (χ1) is 17.2. The lowest BCUT2D eigenvalue weighted by Gasteiger charge is -2.31. The van der Waals surface area contributed by atoms with Crippen molar-refractivity contribution in [1.82, 2.24) is 14.8 Å². The van der Waals surface area contributed by atoms with Crippen molar-refractivity contribution in [1.29, 1.82) is 0 Å². The molecule has 0 saturated heterocycles. The van der Waals surface area contributed by atoms with Crippen LogP contribution in [0.3, 0.4) is 0 Å². The number of rotatable bonds is 4. The first-order valence-electron chi connectivity index (χ1n) is 12.3. The number of aryl methyl sites for hydroxylation is 1. The van der Waals surface area contributed by atoms with Crippen LogP contribution in [0.25, 0.3) is 5.00 Å². The monoisotopic (exact) mass is 483 g/mol. The minimum absolute atomic E-state index is 0.0500. The van der Waals surface area contributed by atoms with Crippen molar-refractivity contribution < 1.29 is 9.53 Å². The Morgan fingerprint density at radius 2 is 1.80 bits per heavy atom. The van der Waals surface area contributed by atoms with Crippen LogP contribution in [0.15, 0.2) is 72.9 Å². The number of nitrogens with one attached hydrogen (secondary N) is 1. The van der Waals surface area contributed by atoms with E-state index < -0.39 is 0 Å². The highest BCUT2D eigenvalue weighted by atomic mass is 32.1. The maximum absolute atomic E-state index is 13.8. The van der Waals surface area contributed by atoms with E-state index in [1.165, 1.54) is 33.8 Å². The number of nitrogens with zero attached hydrogens (tertiary/aromatic N) is 2. The number of hydrogen-bond donors (Lipinski definition) is 1. The standard InChI is InChI=1S/C29H29N3O2S/c1-34-22-15-13-21(14-16-22)27-25-11-7-17-31(25)28-24(23-10-5-6-12-26(23)35-28)19-32(27)29(33)30-18-20-8-3-2-4-9-20/h2-4,7-9,11,13-17,27H,5-6,10,12,18-19H2,1H3,(H,30,33)/t27-/m1/s1. The molecule has 0 spiro atoms. The predicted octanol–water partition coefficient (Wildman–Crippen LogP) is 6.24. The summed E-state index contributed by atoms with van der Waals surface area (Å²) < 4.78 is 7.72. The van der Waals surface area contributed by atoms with Gasteiger partial charge in [0.05, 0.1) is 25.4 Å². The number of ether oxygens (including phenoxy) is 1. The van der Waals surface area contributed by atoms with Crippen molar-refractivity contribution in [3.63, 3.8) is 0 Å². The van der Waals surface area contributed by atoms with E-state index in [0.717, 1.165) is 35.4 Å². The maximum atomic E-state index is 13.8. The molecule has 0 bridgehead atoms. The van der Waals surface area contributed by atoms with E-state index in [4.69, 9.17) is 4.74 Å². The van der Waals surface area contributed by atoms with Gasteiger partial charge in [0.2, 0.25) is 0 Å². The molecule has 0 unspecified atom stereocenters. The van der Waals surface area contributed by atoms with Crippen LogP contribution in [0.1, 0.15) is 51.7 Å². The van der Waals surface area contributed by atoms with Gasteiger partial charge in [-0.05, 0) is 66.6 Å². The van der Waals surface area contributed by atoms with Crippen LogP contribution in [0.4, 0.5) is 4.79 Å². The molecule has 4 aromatic rings. The number of carbonyl (C=O) groups is 1. The normalized spacial score (nSPS) is 16.6. The van der Waals surface area contributed by atoms with Gasteiger partial charge in [-0.2, -0.15) is 0 Å². The van der Waals surface area contributed by atoms with Gasteiger partial charge in [-0.1, -0.05) is 42.5 Å². The number of thiophene rings is 1. The number of aromatic nitrogens is 1. The van der Waals surface area contributed by atoms with Crippen molar-refractivity contribution in [3.05, 3.63) is 106 Å². The average molecular weight is 484 g/mol. The van der Waals surface area contributed by atoms with Crippen LogP contribution in [0.5, 0.6) is 5.75 Å². The van der Waals surface area contributed by atoms with Gasteiger partial charge < -0.3 is 19.5 Å². The second-order valence-electron chi connectivity index (χ2n) is 9.25. The topological polar surface area (TPSA) is 46.5 Å². The molecule has 6 heteroatoms. The molecule has 2 aromatic carbocycles. The fraction of sp³-hybridized carbons (Fsp3) is 0.276. The molecule has 0 radical (unpaired) electrons. The Morgan fingerprint density at radius 3 is 2.60 bits per heavy atom. The Kier molecular flexibility index (Phi) is 5.82. The molecule has 1 N–H and O–H groups in total. The summed E-state index contributed by atoms with van der Waals surface area (Å²) in [6.07, 6.45) is 6.87. The summed E-state index contributed by atoms with van der Waals surface area (Å²) >= 11 is 1.91. The largest absolute Gasteiger partial charge is 0.497 e. The fourth-order valence-corrected chi connectivity index (χ4v) is 6.80. The fourth-order valence-electron chi connectivity index (χ4n) is 5.40. The summed E-state index contributed by atoms with van der Waals surface area (Å²) in [4.78, 5) is 17.4. The number of amides is 2. The van der Waals surface area contributed by atoms with Crippen LogP contribution >= 0.6 is 11.3 Å². The molecule has 35 heavy (non-hydrogen) atoms. The van der Waals surface area contributed by atoms with E-state index in [0.29, 0.717) is 13.1 Å². The number of fused-ring (bicyclic) bond motifs is 5. The summed E-state index contributed by atoms with van der Waals surface area (Å²) in [6, 6.07) is 22.2. The molecule has 178 valence electrons. The Balaban J connectivity index is 1.44. The maximum Gasteiger partial charge on any atom is 0.318 e. The van der Waals surface area contributed by atoms with Crippen molar-refractivity contribution in [2.45, 2.75) is 44.8 Å². The molecule has 5 nitrogen and oxygen atoms in total. The number of carbonyl (C=O) groups excluding carboxylic acids is 1. The zero-order valence-electron chi connectivity index (χ0n) is 19.9. The molecule has 6 rings (SSSR count). The van der Waals surface area contributed by atoms with Crippen molar-refractivity contribution >= 4 is 17.4 Å². The Morgan fingerprint density at radius 1 is 1.00 bits per heavy atom. The van der Waals surface area contributed by atoms with Gasteiger partial charge in [-0.3, -0.25) is 0 Å². The van der Waals surface area contributed by atoms with E-state index in [1.54, 1.807) is 7.11 Å². The third kappa shape index (κ3) is 4.02. The molecule has 2 aliphatic rings. The van der Waals surface area contributed by atoms with E-state index in [9.17, 15) is 4.79 Å². The van der Waals surface area contributed by atoms with Gasteiger partial charge in [0, 0.05) is 23.2 Å². The smallest absolute Gasteiger partial charge is 0.318 e. The highest BCUT2D eigenvalue weighted by Crippen LogP contribution is 2.44. The van der Waals surface area contributed by atoms with Crippen molar-refractivity contribution in [2.24, 2.45) is 0 Å². The third-order valence-corrected chi connectivity index (χ3v) is 8.49. The second kappa shape index (κ2) is 9.27.